The number of hydrogen-bond acceptors (Lipinski definition) is 2. The van der Waals surface area contributed by atoms with Crippen LogP contribution in [0, 0.1) is 11.3 Å². The van der Waals surface area contributed by atoms with Gasteiger partial charge in [0.05, 0.1) is 0 Å². The second kappa shape index (κ2) is 4.58. The maximum atomic E-state index is 4.40. The first-order chi connectivity index (χ1) is 7.61. The molecule has 1 aliphatic rings. The van der Waals surface area contributed by atoms with Crippen molar-refractivity contribution < 1.29 is 0 Å². The molecule has 3 nitrogen and oxygen atoms in total. The molecule has 16 heavy (non-hydrogen) atoms. The Hall–Kier alpha value is -0.830. The van der Waals surface area contributed by atoms with E-state index in [-0.39, 0.29) is 0 Å². The van der Waals surface area contributed by atoms with E-state index in [9.17, 15) is 0 Å². The minimum atomic E-state index is 0.542. The van der Waals surface area contributed by atoms with Gasteiger partial charge in [-0.1, -0.05) is 13.8 Å². The number of aromatic nitrogens is 2. The van der Waals surface area contributed by atoms with Gasteiger partial charge in [-0.2, -0.15) is 0 Å². The molecule has 1 saturated heterocycles. The fraction of sp³-hybridized carbons (Fsp3) is 0.769. The number of rotatable bonds is 5. The van der Waals surface area contributed by atoms with E-state index in [1.165, 1.54) is 31.8 Å². The molecule has 2 rings (SSSR count). The Kier molecular flexibility index (Phi) is 3.33. The summed E-state index contributed by atoms with van der Waals surface area (Å²) in [4.78, 5) is 4.40. The fourth-order valence-corrected chi connectivity index (χ4v) is 2.78. The van der Waals surface area contributed by atoms with Crippen molar-refractivity contribution in [1.82, 2.24) is 14.9 Å². The van der Waals surface area contributed by atoms with Crippen LogP contribution in [-0.2, 0) is 13.5 Å². The van der Waals surface area contributed by atoms with Crippen LogP contribution in [0.2, 0.25) is 0 Å². The molecule has 3 heteroatoms. The average Bonchev–Trinajstić information content (AvgIpc) is 2.55. The highest BCUT2D eigenvalue weighted by molar-refractivity contribution is 4.98. The van der Waals surface area contributed by atoms with Gasteiger partial charge in [0.15, 0.2) is 0 Å². The van der Waals surface area contributed by atoms with Gasteiger partial charge >= 0.3 is 0 Å². The lowest BCUT2D eigenvalue weighted by Gasteiger charge is -2.44. The Morgan fingerprint density at radius 2 is 2.25 bits per heavy atom. The molecule has 1 aromatic heterocycles. The number of nitrogens with zero attached hydrogens (tertiary/aromatic N) is 2. The molecule has 1 aromatic rings. The van der Waals surface area contributed by atoms with Crippen molar-refractivity contribution in [2.45, 2.75) is 33.1 Å². The third-order valence-electron chi connectivity index (χ3n) is 3.64. The van der Waals surface area contributed by atoms with Crippen LogP contribution in [0.3, 0.4) is 0 Å². The van der Waals surface area contributed by atoms with E-state index in [4.69, 9.17) is 0 Å². The lowest BCUT2D eigenvalue weighted by atomic mass is 9.72. The SMILES string of the molecule is CC(C)CC1(CCc2nccn2C)CNC1. The zero-order valence-electron chi connectivity index (χ0n) is 10.7. The Morgan fingerprint density at radius 1 is 1.50 bits per heavy atom. The molecule has 0 bridgehead atoms. The van der Waals surface area contributed by atoms with Gasteiger partial charge in [-0.05, 0) is 24.2 Å². The normalized spacial score (nSPS) is 18.8. The quantitative estimate of drug-likeness (QED) is 0.824. The Balaban J connectivity index is 1.90. The number of nitrogens with one attached hydrogen (secondary N) is 1. The van der Waals surface area contributed by atoms with Gasteiger partial charge in [-0.3, -0.25) is 0 Å². The zero-order valence-corrected chi connectivity index (χ0v) is 10.7. The summed E-state index contributed by atoms with van der Waals surface area (Å²) in [6, 6.07) is 0. The highest BCUT2D eigenvalue weighted by Gasteiger charge is 2.36. The van der Waals surface area contributed by atoms with Gasteiger partial charge in [0.1, 0.15) is 5.82 Å². The van der Waals surface area contributed by atoms with E-state index in [1.54, 1.807) is 0 Å². The smallest absolute Gasteiger partial charge is 0.108 e. The van der Waals surface area contributed by atoms with Crippen LogP contribution in [-0.4, -0.2) is 22.6 Å². The predicted octanol–water partition coefficient (Wildman–Crippen LogP) is 1.99. The summed E-state index contributed by atoms with van der Waals surface area (Å²) in [7, 11) is 2.08. The molecule has 0 radical (unpaired) electrons. The molecule has 1 N–H and O–H groups in total. The average molecular weight is 221 g/mol. The van der Waals surface area contributed by atoms with Crippen molar-refractivity contribution in [2.24, 2.45) is 18.4 Å². The van der Waals surface area contributed by atoms with Crippen LogP contribution in [0.5, 0.6) is 0 Å². The highest BCUT2D eigenvalue weighted by Crippen LogP contribution is 2.35. The van der Waals surface area contributed by atoms with Crippen LogP contribution in [0.15, 0.2) is 12.4 Å². The summed E-state index contributed by atoms with van der Waals surface area (Å²) >= 11 is 0. The Morgan fingerprint density at radius 3 is 2.69 bits per heavy atom. The standard InChI is InChI=1S/C13H23N3/c1-11(2)8-13(9-14-10-13)5-4-12-15-6-7-16(12)3/h6-7,11,14H,4-5,8-10H2,1-3H3. The fourth-order valence-electron chi connectivity index (χ4n) is 2.78. The van der Waals surface area contributed by atoms with Crippen LogP contribution in [0.25, 0.3) is 0 Å². The molecular weight excluding hydrogens is 198 g/mol. The molecule has 1 fully saturated rings. The molecule has 0 aromatic carbocycles. The van der Waals surface area contributed by atoms with Crippen LogP contribution in [0.4, 0.5) is 0 Å². The molecule has 0 unspecified atom stereocenters. The minimum absolute atomic E-state index is 0.542. The molecule has 0 aliphatic carbocycles. The third kappa shape index (κ3) is 2.46. The van der Waals surface area contributed by atoms with Gasteiger partial charge in [-0.25, -0.2) is 4.98 Å². The first-order valence-corrected chi connectivity index (χ1v) is 6.28. The summed E-state index contributed by atoms with van der Waals surface area (Å²) in [5.74, 6) is 2.01. The van der Waals surface area contributed by atoms with E-state index in [0.717, 1.165) is 12.3 Å². The molecular formula is C13H23N3. The van der Waals surface area contributed by atoms with E-state index in [1.807, 2.05) is 12.4 Å². The number of imidazole rings is 1. The first kappa shape index (κ1) is 11.6. The van der Waals surface area contributed by atoms with E-state index in [2.05, 4.69) is 35.8 Å². The lowest BCUT2D eigenvalue weighted by Crippen LogP contribution is -2.54. The summed E-state index contributed by atoms with van der Waals surface area (Å²) < 4.78 is 2.13. The predicted molar refractivity (Wildman–Crippen MR) is 66.3 cm³/mol. The van der Waals surface area contributed by atoms with Crippen molar-refractivity contribution in [1.29, 1.82) is 0 Å². The molecule has 0 atom stereocenters. The first-order valence-electron chi connectivity index (χ1n) is 6.28. The van der Waals surface area contributed by atoms with E-state index < -0.39 is 0 Å². The Bertz CT molecular complexity index is 337. The van der Waals surface area contributed by atoms with E-state index >= 15 is 0 Å². The summed E-state index contributed by atoms with van der Waals surface area (Å²) in [5.41, 5.74) is 0.542. The van der Waals surface area contributed by atoms with Crippen molar-refractivity contribution in [3.05, 3.63) is 18.2 Å². The third-order valence-corrected chi connectivity index (χ3v) is 3.64. The summed E-state index contributed by atoms with van der Waals surface area (Å²) in [6.07, 6.45) is 7.64. The molecule has 2 heterocycles. The monoisotopic (exact) mass is 221 g/mol. The number of aryl methyl sites for hydroxylation is 2. The van der Waals surface area contributed by atoms with Gasteiger partial charge in [0.2, 0.25) is 0 Å². The van der Waals surface area contributed by atoms with Crippen molar-refractivity contribution in [3.63, 3.8) is 0 Å². The highest BCUT2D eigenvalue weighted by atomic mass is 15.0. The van der Waals surface area contributed by atoms with Crippen LogP contribution in [0.1, 0.15) is 32.5 Å². The van der Waals surface area contributed by atoms with Crippen LogP contribution < -0.4 is 5.32 Å². The maximum absolute atomic E-state index is 4.40. The Labute approximate surface area is 98.3 Å². The molecule has 0 spiro atoms. The van der Waals surface area contributed by atoms with Gasteiger partial charge in [0.25, 0.3) is 0 Å². The molecule has 0 saturated carbocycles. The molecule has 1 aliphatic heterocycles. The topological polar surface area (TPSA) is 29.9 Å². The molecule has 90 valence electrons. The summed E-state index contributed by atoms with van der Waals surface area (Å²) in [6.45, 7) is 7.02. The van der Waals surface area contributed by atoms with Crippen molar-refractivity contribution >= 4 is 0 Å². The number of hydrogen-bond donors (Lipinski definition) is 1. The maximum Gasteiger partial charge on any atom is 0.108 e. The van der Waals surface area contributed by atoms with Gasteiger partial charge in [0, 0.05) is 39.0 Å². The van der Waals surface area contributed by atoms with Crippen LogP contribution >= 0.6 is 0 Å². The zero-order chi connectivity index (χ0) is 11.6. The second-order valence-corrected chi connectivity index (χ2v) is 5.66. The van der Waals surface area contributed by atoms with Gasteiger partial charge in [-0.15, -0.1) is 0 Å². The lowest BCUT2D eigenvalue weighted by molar-refractivity contribution is 0.118. The van der Waals surface area contributed by atoms with Crippen molar-refractivity contribution in [3.8, 4) is 0 Å². The minimum Gasteiger partial charge on any atom is -0.338 e. The largest absolute Gasteiger partial charge is 0.338 e. The molecule has 0 amide bonds. The van der Waals surface area contributed by atoms with E-state index in [0.29, 0.717) is 5.41 Å². The summed E-state index contributed by atoms with van der Waals surface area (Å²) in [5, 5.41) is 3.42. The van der Waals surface area contributed by atoms with Gasteiger partial charge < -0.3 is 9.88 Å². The second-order valence-electron chi connectivity index (χ2n) is 5.66. The van der Waals surface area contributed by atoms with Crippen molar-refractivity contribution in [2.75, 3.05) is 13.1 Å².